The van der Waals surface area contributed by atoms with Crippen molar-refractivity contribution in [2.45, 2.75) is 36.6 Å². The normalized spacial score (nSPS) is 13.5. The fraction of sp³-hybridized carbons (Fsp3) is 0.304. The van der Waals surface area contributed by atoms with Crippen molar-refractivity contribution in [3.63, 3.8) is 0 Å². The molecule has 188 valence electrons. The van der Waals surface area contributed by atoms with Gasteiger partial charge in [-0.25, -0.2) is 8.42 Å². The van der Waals surface area contributed by atoms with Crippen molar-refractivity contribution >= 4 is 9.84 Å². The molecule has 0 spiro atoms. The molecule has 0 aliphatic carbocycles. The van der Waals surface area contributed by atoms with Crippen molar-refractivity contribution in [1.82, 2.24) is 9.78 Å². The predicted octanol–water partition coefficient (Wildman–Crippen LogP) is 2.83. The van der Waals surface area contributed by atoms with Crippen LogP contribution in [-0.4, -0.2) is 53.0 Å². The summed E-state index contributed by atoms with van der Waals surface area (Å²) in [7, 11) is -3.48. The van der Waals surface area contributed by atoms with E-state index in [0.29, 0.717) is 5.56 Å². The second-order valence-electron chi connectivity index (χ2n) is 8.43. The van der Waals surface area contributed by atoms with E-state index in [0.717, 1.165) is 29.1 Å². The lowest BCUT2D eigenvalue weighted by Crippen LogP contribution is -2.40. The van der Waals surface area contributed by atoms with Crippen LogP contribution < -0.4 is 10.3 Å². The summed E-state index contributed by atoms with van der Waals surface area (Å²) in [6.07, 6.45) is -3.83. The smallest absolute Gasteiger partial charge is 0.416 e. The average Bonchev–Trinajstić information content (AvgIpc) is 2.76. The lowest BCUT2D eigenvalue weighted by atomic mass is 10.0. The van der Waals surface area contributed by atoms with E-state index in [1.807, 2.05) is 0 Å². The number of aliphatic hydroxyl groups is 2. The zero-order chi connectivity index (χ0) is 26.2. The largest absolute Gasteiger partial charge is 0.484 e. The van der Waals surface area contributed by atoms with Gasteiger partial charge in [-0.05, 0) is 49.7 Å². The van der Waals surface area contributed by atoms with E-state index < -0.39 is 45.4 Å². The first-order valence-corrected chi connectivity index (χ1v) is 12.1. The molecule has 1 atom stereocenters. The van der Waals surface area contributed by atoms with Gasteiger partial charge in [0.2, 0.25) is 0 Å². The maximum atomic E-state index is 13.3. The standard InChI is InChI=1S/C23H23F3N2O6S/c1-22(2,31)19(29)13-34-20-18(14-7-9-17(10-8-14)35(3,32)33)12-27-28(21(20)30)16-6-4-5-15(11-16)23(24,25)26/h4-12,19,29,31H,13H2,1-3H3. The molecule has 1 aromatic heterocycles. The summed E-state index contributed by atoms with van der Waals surface area (Å²) in [4.78, 5) is 13.3. The average molecular weight is 513 g/mol. The summed E-state index contributed by atoms with van der Waals surface area (Å²) in [5.41, 5.74) is -3.19. The van der Waals surface area contributed by atoms with Gasteiger partial charge >= 0.3 is 11.7 Å². The summed E-state index contributed by atoms with van der Waals surface area (Å²) in [5.74, 6) is -0.354. The van der Waals surface area contributed by atoms with Crippen molar-refractivity contribution < 1.29 is 36.5 Å². The number of ether oxygens (including phenoxy) is 1. The number of aliphatic hydroxyl groups excluding tert-OH is 1. The molecule has 0 amide bonds. The number of hydrogen-bond donors (Lipinski definition) is 2. The summed E-state index contributed by atoms with van der Waals surface area (Å²) in [6, 6.07) is 9.47. The molecule has 0 aliphatic heterocycles. The molecule has 0 radical (unpaired) electrons. The molecule has 1 unspecified atom stereocenters. The molecule has 2 N–H and O–H groups in total. The van der Waals surface area contributed by atoms with Gasteiger partial charge < -0.3 is 14.9 Å². The van der Waals surface area contributed by atoms with Crippen LogP contribution in [-0.2, 0) is 16.0 Å². The molecule has 3 rings (SSSR count). The zero-order valence-electron chi connectivity index (χ0n) is 18.9. The zero-order valence-corrected chi connectivity index (χ0v) is 19.8. The molecule has 2 aromatic carbocycles. The molecule has 0 aliphatic rings. The Morgan fingerprint density at radius 2 is 1.74 bits per heavy atom. The molecule has 12 heteroatoms. The summed E-state index contributed by atoms with van der Waals surface area (Å²) < 4.78 is 69.2. The monoisotopic (exact) mass is 512 g/mol. The van der Waals surface area contributed by atoms with Gasteiger partial charge in [0, 0.05) is 11.8 Å². The minimum atomic E-state index is -4.64. The van der Waals surface area contributed by atoms with Gasteiger partial charge in [0.25, 0.3) is 0 Å². The quantitative estimate of drug-likeness (QED) is 0.500. The predicted molar refractivity (Wildman–Crippen MR) is 121 cm³/mol. The number of halogens is 3. The molecule has 0 bridgehead atoms. The fourth-order valence-corrected chi connectivity index (χ4v) is 3.66. The number of nitrogens with zero attached hydrogens (tertiary/aromatic N) is 2. The van der Waals surface area contributed by atoms with Crippen LogP contribution >= 0.6 is 0 Å². The highest BCUT2D eigenvalue weighted by atomic mass is 32.2. The van der Waals surface area contributed by atoms with Crippen molar-refractivity contribution in [3.05, 3.63) is 70.6 Å². The van der Waals surface area contributed by atoms with E-state index >= 15 is 0 Å². The highest BCUT2D eigenvalue weighted by molar-refractivity contribution is 7.90. The van der Waals surface area contributed by atoms with Crippen LogP contribution in [0.1, 0.15) is 19.4 Å². The Bertz CT molecular complexity index is 1380. The number of aromatic nitrogens is 2. The van der Waals surface area contributed by atoms with Crippen LogP contribution in [0.5, 0.6) is 5.75 Å². The number of rotatable bonds is 7. The van der Waals surface area contributed by atoms with Crippen LogP contribution in [0.4, 0.5) is 13.2 Å². The molecule has 8 nitrogen and oxygen atoms in total. The Hall–Kier alpha value is -3.22. The van der Waals surface area contributed by atoms with Crippen LogP contribution in [0.25, 0.3) is 16.8 Å². The van der Waals surface area contributed by atoms with Crippen molar-refractivity contribution in [2.24, 2.45) is 0 Å². The summed E-state index contributed by atoms with van der Waals surface area (Å²) in [6.45, 7) is 2.15. The van der Waals surface area contributed by atoms with Crippen molar-refractivity contribution in [2.75, 3.05) is 12.9 Å². The Morgan fingerprint density at radius 1 is 1.11 bits per heavy atom. The van der Waals surface area contributed by atoms with E-state index in [4.69, 9.17) is 4.74 Å². The van der Waals surface area contributed by atoms with Gasteiger partial charge in [-0.3, -0.25) is 4.79 Å². The van der Waals surface area contributed by atoms with Crippen molar-refractivity contribution in [1.29, 1.82) is 0 Å². The lowest BCUT2D eigenvalue weighted by Gasteiger charge is -2.24. The van der Waals surface area contributed by atoms with Gasteiger partial charge in [0.1, 0.15) is 12.7 Å². The Kier molecular flexibility index (Phi) is 7.12. The van der Waals surface area contributed by atoms with Crippen LogP contribution in [0.15, 0.2) is 64.4 Å². The van der Waals surface area contributed by atoms with E-state index in [9.17, 15) is 36.6 Å². The highest BCUT2D eigenvalue weighted by Crippen LogP contribution is 2.31. The lowest BCUT2D eigenvalue weighted by molar-refractivity contribution is -0.137. The molecular weight excluding hydrogens is 489 g/mol. The molecule has 35 heavy (non-hydrogen) atoms. The first-order chi connectivity index (χ1) is 16.1. The third-order valence-electron chi connectivity index (χ3n) is 5.15. The second-order valence-corrected chi connectivity index (χ2v) is 10.4. The van der Waals surface area contributed by atoms with E-state index in [1.54, 1.807) is 0 Å². The van der Waals surface area contributed by atoms with Crippen LogP contribution in [0.2, 0.25) is 0 Å². The third-order valence-corrected chi connectivity index (χ3v) is 6.27. The molecule has 0 fully saturated rings. The molecule has 1 heterocycles. The fourth-order valence-electron chi connectivity index (χ4n) is 3.03. The summed E-state index contributed by atoms with van der Waals surface area (Å²) in [5, 5.41) is 24.1. The minimum Gasteiger partial charge on any atom is -0.484 e. The maximum Gasteiger partial charge on any atom is 0.416 e. The van der Waals surface area contributed by atoms with Gasteiger partial charge in [-0.1, -0.05) is 18.2 Å². The van der Waals surface area contributed by atoms with E-state index in [1.165, 1.54) is 50.4 Å². The van der Waals surface area contributed by atoms with Gasteiger partial charge in [0.15, 0.2) is 15.6 Å². The Labute approximate surface area is 199 Å². The number of sulfone groups is 1. The molecular formula is C23H23F3N2O6S. The maximum absolute atomic E-state index is 13.3. The van der Waals surface area contributed by atoms with Gasteiger partial charge in [-0.15, -0.1) is 0 Å². The SMILES string of the molecule is CC(C)(O)C(O)COc1c(-c2ccc(S(C)(=O)=O)cc2)cnn(-c2cccc(C(F)(F)F)c2)c1=O. The van der Waals surface area contributed by atoms with Crippen LogP contribution in [0.3, 0.4) is 0 Å². The molecule has 0 saturated carbocycles. The second kappa shape index (κ2) is 9.44. The van der Waals surface area contributed by atoms with E-state index in [2.05, 4.69) is 5.10 Å². The first-order valence-electron chi connectivity index (χ1n) is 10.2. The molecule has 3 aromatic rings. The van der Waals surface area contributed by atoms with Gasteiger partial charge in [-0.2, -0.15) is 23.0 Å². The Morgan fingerprint density at radius 3 is 2.29 bits per heavy atom. The van der Waals surface area contributed by atoms with Crippen LogP contribution in [0, 0.1) is 0 Å². The first kappa shape index (κ1) is 26.4. The number of alkyl halides is 3. The van der Waals surface area contributed by atoms with E-state index in [-0.39, 0.29) is 21.9 Å². The summed E-state index contributed by atoms with van der Waals surface area (Å²) >= 11 is 0. The minimum absolute atomic E-state index is 0.0337. The van der Waals surface area contributed by atoms with Crippen molar-refractivity contribution in [3.8, 4) is 22.6 Å². The topological polar surface area (TPSA) is 119 Å². The third kappa shape index (κ3) is 6.08. The van der Waals surface area contributed by atoms with Gasteiger partial charge in [0.05, 0.1) is 27.9 Å². The number of benzene rings is 2. The Balaban J connectivity index is 2.14. The number of hydrogen-bond acceptors (Lipinski definition) is 7. The highest BCUT2D eigenvalue weighted by Gasteiger charge is 2.31. The molecule has 0 saturated heterocycles.